The molecule has 7 heteroatoms. The van der Waals surface area contributed by atoms with Crippen LogP contribution in [0.2, 0.25) is 0 Å². The summed E-state index contributed by atoms with van der Waals surface area (Å²) in [5.41, 5.74) is 0.110. The normalized spacial score (nSPS) is 11.2. The van der Waals surface area contributed by atoms with Gasteiger partial charge in [-0.05, 0) is 24.3 Å². The fourth-order valence-corrected chi connectivity index (χ4v) is 2.05. The predicted molar refractivity (Wildman–Crippen MR) is 89.3 cm³/mol. The van der Waals surface area contributed by atoms with Crippen molar-refractivity contribution in [2.24, 2.45) is 0 Å². The van der Waals surface area contributed by atoms with E-state index in [0.717, 1.165) is 0 Å². The molecule has 0 bridgehead atoms. The number of rotatable bonds is 4. The quantitative estimate of drug-likeness (QED) is 0.839. The molecule has 1 heterocycles. The van der Waals surface area contributed by atoms with Crippen molar-refractivity contribution in [1.29, 1.82) is 0 Å². The molecule has 0 saturated carbocycles. The third-order valence-electron chi connectivity index (χ3n) is 3.24. The van der Waals surface area contributed by atoms with Crippen molar-refractivity contribution in [3.05, 3.63) is 48.3 Å². The van der Waals surface area contributed by atoms with Gasteiger partial charge in [-0.15, -0.1) is 0 Å². The van der Waals surface area contributed by atoms with E-state index in [4.69, 9.17) is 14.2 Å². The molecule has 2 aromatic carbocycles. The number of urea groups is 1. The predicted octanol–water partition coefficient (Wildman–Crippen LogP) is 2.76. The van der Waals surface area contributed by atoms with E-state index in [1.54, 1.807) is 30.3 Å². The van der Waals surface area contributed by atoms with Gasteiger partial charge < -0.3 is 24.8 Å². The number of carbonyl (C=O) groups excluding carboxylic acids is 1. The molecule has 128 valence electrons. The van der Waals surface area contributed by atoms with Gasteiger partial charge in [0.25, 0.3) is 0 Å². The molecule has 1 aliphatic heterocycles. The fourth-order valence-electron chi connectivity index (χ4n) is 2.05. The molecule has 6 nitrogen and oxygen atoms in total. The smallest absolute Gasteiger partial charge is 0.320 e. The standard InChI is InChI=1S/C18H15FN2O4/c19-14-5-1-2-6-15(14)21-18(22)20-9-3-4-10-23-13-7-8-16-17(11-13)25-12-24-16/h1-2,5-8,11H,9-10,12H2,(H2,20,21,22). The van der Waals surface area contributed by atoms with Crippen LogP contribution in [0, 0.1) is 17.7 Å². The Morgan fingerprint density at radius 1 is 1.16 bits per heavy atom. The van der Waals surface area contributed by atoms with Gasteiger partial charge in [-0.1, -0.05) is 24.0 Å². The molecule has 0 aromatic heterocycles. The number of hydrogen-bond acceptors (Lipinski definition) is 4. The third-order valence-corrected chi connectivity index (χ3v) is 3.24. The van der Waals surface area contributed by atoms with Crippen LogP contribution >= 0.6 is 0 Å². The SMILES string of the molecule is O=C(NCC#CCOc1ccc2c(c1)OCO2)Nc1ccccc1F. The Balaban J connectivity index is 1.38. The zero-order valence-electron chi connectivity index (χ0n) is 13.2. The van der Waals surface area contributed by atoms with Gasteiger partial charge in [0.05, 0.1) is 12.2 Å². The Labute approximate surface area is 143 Å². The summed E-state index contributed by atoms with van der Waals surface area (Å²) >= 11 is 0. The minimum atomic E-state index is -0.531. The highest BCUT2D eigenvalue weighted by Gasteiger charge is 2.13. The van der Waals surface area contributed by atoms with Crippen LogP contribution < -0.4 is 24.8 Å². The van der Waals surface area contributed by atoms with E-state index in [-0.39, 0.29) is 25.6 Å². The largest absolute Gasteiger partial charge is 0.481 e. The average molecular weight is 342 g/mol. The Hall–Kier alpha value is -3.40. The third kappa shape index (κ3) is 4.54. The van der Waals surface area contributed by atoms with Gasteiger partial charge in [0.2, 0.25) is 6.79 Å². The van der Waals surface area contributed by atoms with E-state index in [1.165, 1.54) is 12.1 Å². The lowest BCUT2D eigenvalue weighted by Crippen LogP contribution is -2.29. The van der Waals surface area contributed by atoms with Crippen LogP contribution in [0.5, 0.6) is 17.2 Å². The number of para-hydroxylation sites is 1. The number of hydrogen-bond donors (Lipinski definition) is 2. The fraction of sp³-hybridized carbons (Fsp3) is 0.167. The van der Waals surface area contributed by atoms with E-state index < -0.39 is 11.8 Å². The highest BCUT2D eigenvalue weighted by molar-refractivity contribution is 5.89. The lowest BCUT2D eigenvalue weighted by atomic mass is 10.3. The molecule has 25 heavy (non-hydrogen) atoms. The lowest BCUT2D eigenvalue weighted by molar-refractivity contribution is 0.174. The summed E-state index contributed by atoms with van der Waals surface area (Å²) in [5, 5.41) is 4.91. The molecule has 0 unspecified atom stereocenters. The molecule has 2 N–H and O–H groups in total. The second kappa shape index (κ2) is 7.93. The molecular weight excluding hydrogens is 327 g/mol. The first-order valence-electron chi connectivity index (χ1n) is 7.50. The van der Waals surface area contributed by atoms with Crippen LogP contribution in [0.25, 0.3) is 0 Å². The molecule has 0 fully saturated rings. The van der Waals surface area contributed by atoms with Crippen molar-refractivity contribution in [3.63, 3.8) is 0 Å². The van der Waals surface area contributed by atoms with Crippen molar-refractivity contribution in [3.8, 4) is 29.1 Å². The number of benzene rings is 2. The second-order valence-electron chi connectivity index (χ2n) is 4.94. The maximum absolute atomic E-state index is 13.4. The van der Waals surface area contributed by atoms with Crippen molar-refractivity contribution in [2.45, 2.75) is 0 Å². The van der Waals surface area contributed by atoms with Crippen molar-refractivity contribution in [2.75, 3.05) is 25.3 Å². The van der Waals surface area contributed by atoms with Crippen molar-refractivity contribution < 1.29 is 23.4 Å². The molecular formula is C18H15FN2O4. The average Bonchev–Trinajstić information content (AvgIpc) is 3.08. The van der Waals surface area contributed by atoms with Crippen LogP contribution in [-0.4, -0.2) is 26.0 Å². The number of carbonyl (C=O) groups is 1. The van der Waals surface area contributed by atoms with Gasteiger partial charge in [-0.25, -0.2) is 9.18 Å². The number of halogens is 1. The van der Waals surface area contributed by atoms with Crippen molar-refractivity contribution >= 4 is 11.7 Å². The Kier molecular flexibility index (Phi) is 5.22. The summed E-state index contributed by atoms with van der Waals surface area (Å²) in [6.45, 7) is 0.486. The zero-order valence-corrected chi connectivity index (χ0v) is 13.2. The highest BCUT2D eigenvalue weighted by atomic mass is 19.1. The molecule has 2 aromatic rings. The summed E-state index contributed by atoms with van der Waals surface area (Å²) < 4.78 is 29.3. The van der Waals surface area contributed by atoms with Gasteiger partial charge in [0, 0.05) is 6.07 Å². The Bertz CT molecular complexity index is 829. The zero-order chi connectivity index (χ0) is 17.5. The van der Waals surface area contributed by atoms with Gasteiger partial charge in [-0.2, -0.15) is 0 Å². The number of fused-ring (bicyclic) bond motifs is 1. The first kappa shape index (κ1) is 16.5. The maximum atomic E-state index is 13.4. The summed E-state index contributed by atoms with van der Waals surface area (Å²) in [7, 11) is 0. The molecule has 1 aliphatic rings. The minimum Gasteiger partial charge on any atom is -0.481 e. The van der Waals surface area contributed by atoms with E-state index in [0.29, 0.717) is 17.2 Å². The maximum Gasteiger partial charge on any atom is 0.320 e. The van der Waals surface area contributed by atoms with Crippen LogP contribution in [-0.2, 0) is 0 Å². The topological polar surface area (TPSA) is 68.8 Å². The first-order valence-corrected chi connectivity index (χ1v) is 7.50. The molecule has 0 aliphatic carbocycles. The van der Waals surface area contributed by atoms with E-state index in [1.807, 2.05) is 0 Å². The van der Waals surface area contributed by atoms with E-state index >= 15 is 0 Å². The van der Waals surface area contributed by atoms with Crippen LogP contribution in [0.3, 0.4) is 0 Å². The second-order valence-corrected chi connectivity index (χ2v) is 4.94. The summed E-state index contributed by atoms with van der Waals surface area (Å²) in [5.74, 6) is 6.95. The Morgan fingerprint density at radius 3 is 2.88 bits per heavy atom. The lowest BCUT2D eigenvalue weighted by Gasteiger charge is -2.05. The summed E-state index contributed by atoms with van der Waals surface area (Å²) in [6, 6.07) is 10.6. The molecule has 3 rings (SSSR count). The van der Waals surface area contributed by atoms with Crippen molar-refractivity contribution in [1.82, 2.24) is 5.32 Å². The molecule has 0 radical (unpaired) electrons. The van der Waals surface area contributed by atoms with Crippen LogP contribution in [0.4, 0.5) is 14.9 Å². The van der Waals surface area contributed by atoms with Gasteiger partial charge in [-0.3, -0.25) is 0 Å². The molecule has 0 saturated heterocycles. The minimum absolute atomic E-state index is 0.110. The highest BCUT2D eigenvalue weighted by Crippen LogP contribution is 2.34. The number of ether oxygens (including phenoxy) is 3. The summed E-state index contributed by atoms with van der Waals surface area (Å²) in [6.07, 6.45) is 0. The number of anilines is 1. The number of amides is 2. The summed E-state index contributed by atoms with van der Waals surface area (Å²) in [4.78, 5) is 11.6. The molecule has 0 atom stereocenters. The Morgan fingerprint density at radius 2 is 2.00 bits per heavy atom. The first-order chi connectivity index (χ1) is 12.2. The van der Waals surface area contributed by atoms with Crippen LogP contribution in [0.15, 0.2) is 42.5 Å². The molecule has 0 spiro atoms. The monoisotopic (exact) mass is 342 g/mol. The van der Waals surface area contributed by atoms with E-state index in [2.05, 4.69) is 22.5 Å². The van der Waals surface area contributed by atoms with Crippen LogP contribution in [0.1, 0.15) is 0 Å². The number of nitrogens with one attached hydrogen (secondary N) is 2. The van der Waals surface area contributed by atoms with E-state index in [9.17, 15) is 9.18 Å². The van der Waals surface area contributed by atoms with Gasteiger partial charge in [0.1, 0.15) is 18.2 Å². The molecule has 2 amide bonds. The van der Waals surface area contributed by atoms with Gasteiger partial charge >= 0.3 is 6.03 Å². The van der Waals surface area contributed by atoms with Gasteiger partial charge in [0.15, 0.2) is 11.5 Å².